The minimum atomic E-state index is -1.74. The van der Waals surface area contributed by atoms with Crippen molar-refractivity contribution in [3.05, 3.63) is 95.6 Å². The Hall–Kier alpha value is -3.30. The lowest BCUT2D eigenvalue weighted by Gasteiger charge is -2.36. The summed E-state index contributed by atoms with van der Waals surface area (Å²) in [7, 11) is 0.414. The zero-order chi connectivity index (χ0) is 41.9. The largest absolute Gasteiger partial charge is 0.415 e. The number of hydrogen-bond donors (Lipinski definition) is 1. The number of nitrogens with one attached hydrogen (secondary N) is 1. The van der Waals surface area contributed by atoms with Crippen LogP contribution in [0.5, 0.6) is 0 Å². The van der Waals surface area contributed by atoms with Crippen molar-refractivity contribution in [3.8, 4) is 0 Å². The van der Waals surface area contributed by atoms with Gasteiger partial charge in [-0.1, -0.05) is 89.2 Å². The molecule has 2 aliphatic heterocycles. The van der Waals surface area contributed by atoms with E-state index in [1.54, 1.807) is 6.92 Å². The van der Waals surface area contributed by atoms with Crippen LogP contribution in [0.15, 0.2) is 78.9 Å². The first-order valence-electron chi connectivity index (χ1n) is 22.4. The second-order valence-electron chi connectivity index (χ2n) is 19.4. The van der Waals surface area contributed by atoms with Gasteiger partial charge in [-0.3, -0.25) is 9.69 Å². The van der Waals surface area contributed by atoms with E-state index in [4.69, 9.17) is 4.43 Å². The van der Waals surface area contributed by atoms with Crippen LogP contribution in [0.25, 0.3) is 0 Å². The molecule has 0 amide bonds. The number of Topliss-reactive ketones (excluding diaryl/α,β-unsaturated/α-hetero) is 2. The van der Waals surface area contributed by atoms with Gasteiger partial charge in [-0.2, -0.15) is 0 Å². The van der Waals surface area contributed by atoms with Gasteiger partial charge in [-0.15, -0.1) is 0 Å². The zero-order valence-electron chi connectivity index (χ0n) is 37.6. The number of rotatable bonds is 17. The Morgan fingerprint density at radius 3 is 2.16 bits per heavy atom. The van der Waals surface area contributed by atoms with Gasteiger partial charge in [-0.25, -0.2) is 0 Å². The Kier molecular flexibility index (Phi) is 16.8. The number of carbonyl (C=O) groups is 2. The van der Waals surface area contributed by atoms with Crippen molar-refractivity contribution in [3.63, 3.8) is 0 Å². The third-order valence-corrected chi connectivity index (χ3v) is 18.4. The predicted molar refractivity (Wildman–Crippen MR) is 246 cm³/mol. The first-order valence-corrected chi connectivity index (χ1v) is 25.3. The number of likely N-dealkylation sites (tertiary alicyclic amines) is 1. The smallest absolute Gasteiger partial charge is 0.192 e. The summed E-state index contributed by atoms with van der Waals surface area (Å²) >= 11 is 0. The van der Waals surface area contributed by atoms with E-state index in [-0.39, 0.29) is 17.0 Å². The summed E-state index contributed by atoms with van der Waals surface area (Å²) in [6.45, 7) is 25.1. The molecule has 0 aliphatic carbocycles. The van der Waals surface area contributed by atoms with Gasteiger partial charge in [0.1, 0.15) is 5.78 Å². The number of carbonyl (C=O) groups excluding carboxylic acids is 2. The highest BCUT2D eigenvalue weighted by Gasteiger charge is 2.37. The molecule has 0 bridgehead atoms. The van der Waals surface area contributed by atoms with Crippen molar-refractivity contribution >= 4 is 31.3 Å². The second kappa shape index (κ2) is 21.3. The number of benzene rings is 3. The number of nitrogens with zero attached hydrogens (tertiary/aromatic N) is 3. The summed E-state index contributed by atoms with van der Waals surface area (Å²) in [5, 5.41) is 3.96. The molecule has 58 heavy (non-hydrogen) atoms. The summed E-state index contributed by atoms with van der Waals surface area (Å²) in [6.07, 6.45) is 6.56. The quantitative estimate of drug-likeness (QED) is 0.136. The molecule has 2 fully saturated rings. The molecule has 5 atom stereocenters. The standard InChI is InChI=1S/C50H76N4O3Si/c1-38-26-30-54(31-27-44(38)34-40(3)55)46-23-17-42(18-24-46)36-51-48(35-41-14-11-10-12-15-41)49(56)47-16-13-28-53(29-25-39(47)2)37-43-19-21-45(22-20-43)52(7)32-33-57-58(8,9)50(4,5)6/h10-12,14-15,17-24,38-39,44,47-48,51H,13,16,25-37H2,1-9H3. The van der Waals surface area contributed by atoms with Gasteiger partial charge in [0.25, 0.3) is 0 Å². The number of likely N-dealkylation sites (N-methyl/N-ethyl adjacent to an activating group) is 1. The third kappa shape index (κ3) is 13.4. The minimum absolute atomic E-state index is 0.0541. The summed E-state index contributed by atoms with van der Waals surface area (Å²) in [6, 6.07) is 28.2. The first-order chi connectivity index (χ1) is 27.6. The van der Waals surface area contributed by atoms with Crippen LogP contribution in [-0.4, -0.2) is 77.2 Å². The number of anilines is 2. The molecule has 0 saturated carbocycles. The van der Waals surface area contributed by atoms with Crippen LogP contribution in [0, 0.1) is 23.7 Å². The van der Waals surface area contributed by atoms with Crippen LogP contribution in [-0.2, 0) is 33.5 Å². The topological polar surface area (TPSA) is 65.1 Å². The highest BCUT2D eigenvalue weighted by molar-refractivity contribution is 6.74. The summed E-state index contributed by atoms with van der Waals surface area (Å²) in [4.78, 5) is 33.7. The van der Waals surface area contributed by atoms with Gasteiger partial charge in [0, 0.05) is 63.5 Å². The molecule has 7 nitrogen and oxygen atoms in total. The average molecular weight is 809 g/mol. The molecule has 0 radical (unpaired) electrons. The number of hydrogen-bond acceptors (Lipinski definition) is 7. The molecule has 5 unspecified atom stereocenters. The Morgan fingerprint density at radius 2 is 1.48 bits per heavy atom. The first kappa shape index (κ1) is 45.8. The van der Waals surface area contributed by atoms with Crippen LogP contribution in [0.4, 0.5) is 11.4 Å². The van der Waals surface area contributed by atoms with Crippen LogP contribution in [0.3, 0.4) is 0 Å². The van der Waals surface area contributed by atoms with Gasteiger partial charge < -0.3 is 24.3 Å². The Labute approximate surface area is 353 Å². The molecule has 0 spiro atoms. The monoisotopic (exact) mass is 809 g/mol. The molecule has 5 rings (SSSR count). The fourth-order valence-corrected chi connectivity index (χ4v) is 9.72. The van der Waals surface area contributed by atoms with Crippen molar-refractivity contribution in [2.45, 2.75) is 124 Å². The van der Waals surface area contributed by atoms with E-state index < -0.39 is 8.32 Å². The van der Waals surface area contributed by atoms with Crippen molar-refractivity contribution < 1.29 is 14.0 Å². The predicted octanol–water partition coefficient (Wildman–Crippen LogP) is 10.2. The van der Waals surface area contributed by atoms with E-state index in [0.29, 0.717) is 48.7 Å². The minimum Gasteiger partial charge on any atom is -0.415 e. The highest BCUT2D eigenvalue weighted by atomic mass is 28.4. The highest BCUT2D eigenvalue weighted by Crippen LogP contribution is 2.36. The molecular weight excluding hydrogens is 733 g/mol. The van der Waals surface area contributed by atoms with Gasteiger partial charge in [0.2, 0.25) is 0 Å². The van der Waals surface area contributed by atoms with Gasteiger partial charge in [0.05, 0.1) is 12.6 Å². The van der Waals surface area contributed by atoms with E-state index >= 15 is 0 Å². The van der Waals surface area contributed by atoms with Crippen molar-refractivity contribution in [1.29, 1.82) is 0 Å². The summed E-state index contributed by atoms with van der Waals surface area (Å²) < 4.78 is 6.43. The van der Waals surface area contributed by atoms with Crippen molar-refractivity contribution in [1.82, 2.24) is 10.2 Å². The Bertz CT molecular complexity index is 1710. The van der Waals surface area contributed by atoms with Gasteiger partial charge in [0.15, 0.2) is 14.1 Å². The van der Waals surface area contributed by atoms with Crippen molar-refractivity contribution in [2.75, 3.05) is 56.2 Å². The van der Waals surface area contributed by atoms with E-state index in [0.717, 1.165) is 78.0 Å². The van der Waals surface area contributed by atoms with Crippen LogP contribution in [0.1, 0.15) is 96.8 Å². The SMILES string of the molecule is CC(=O)CC1CCN(c2ccc(CNC(Cc3ccccc3)C(=O)C3CCCN(Cc4ccc(N(C)CCO[Si](C)(C)C(C)(C)C)cc4)CCC3C)cc2)CCC1C. The van der Waals surface area contributed by atoms with Gasteiger partial charge >= 0.3 is 0 Å². The Balaban J connectivity index is 1.14. The molecule has 2 aliphatic rings. The molecule has 2 saturated heterocycles. The molecular formula is C50H76N4O3Si. The Morgan fingerprint density at radius 1 is 0.828 bits per heavy atom. The molecule has 3 aromatic carbocycles. The average Bonchev–Trinajstić information content (AvgIpc) is 3.36. The maximum absolute atomic E-state index is 14.5. The molecule has 0 aromatic heterocycles. The van der Waals surface area contributed by atoms with E-state index in [1.807, 2.05) is 6.07 Å². The van der Waals surface area contributed by atoms with Crippen molar-refractivity contribution in [2.24, 2.45) is 23.7 Å². The normalized spacial score (nSPS) is 21.8. The molecule has 2 heterocycles. The second-order valence-corrected chi connectivity index (χ2v) is 24.2. The van der Waals surface area contributed by atoms with Gasteiger partial charge in [-0.05, 0) is 135 Å². The molecule has 3 aromatic rings. The lowest BCUT2D eigenvalue weighted by molar-refractivity contribution is -0.127. The molecule has 1 N–H and O–H groups in total. The summed E-state index contributed by atoms with van der Waals surface area (Å²) in [5.41, 5.74) is 6.21. The van der Waals surface area contributed by atoms with Crippen LogP contribution in [0.2, 0.25) is 18.1 Å². The lowest BCUT2D eigenvalue weighted by atomic mass is 9.79. The zero-order valence-corrected chi connectivity index (χ0v) is 38.6. The summed E-state index contributed by atoms with van der Waals surface area (Å²) in [5.74, 6) is 2.09. The number of ketones is 2. The molecule has 8 heteroatoms. The van der Waals surface area contributed by atoms with Crippen LogP contribution >= 0.6 is 0 Å². The lowest BCUT2D eigenvalue weighted by Crippen LogP contribution is -2.44. The fraction of sp³-hybridized carbons (Fsp3) is 0.600. The maximum atomic E-state index is 14.5. The van der Waals surface area contributed by atoms with E-state index in [9.17, 15) is 9.59 Å². The van der Waals surface area contributed by atoms with E-state index in [2.05, 4.69) is 148 Å². The third-order valence-electron chi connectivity index (χ3n) is 13.9. The van der Waals surface area contributed by atoms with E-state index in [1.165, 1.54) is 28.1 Å². The van der Waals surface area contributed by atoms with Crippen LogP contribution < -0.4 is 15.1 Å². The molecule has 318 valence electrons. The maximum Gasteiger partial charge on any atom is 0.192 e. The fourth-order valence-electron chi connectivity index (χ4n) is 8.69.